The largest absolute Gasteiger partial charge is 0.483 e. The number of likely N-dealkylation sites (N-methyl/N-ethyl adjacent to an activating group) is 2. The third kappa shape index (κ3) is 8.11. The molecule has 3 aromatic rings. The van der Waals surface area contributed by atoms with Crippen LogP contribution in [0.2, 0.25) is 5.02 Å². The molecule has 0 atom stereocenters. The van der Waals surface area contributed by atoms with Crippen LogP contribution in [0.3, 0.4) is 0 Å². The molecule has 7 heteroatoms. The standard InChI is InChI=1S/C28H31ClN4O2/c1-3-33(15-14-31-2)19-25-16-24(23-8-4-21(17-30)5-9-23)10-13-27(25)35-20-28(34)32-18-22-6-11-26(29)12-7-22/h4-13,16,31H,3,14-15,18-20H2,1-2H3,(H,32,34). The summed E-state index contributed by atoms with van der Waals surface area (Å²) in [6.45, 7) is 5.84. The molecule has 0 aliphatic rings. The van der Waals surface area contributed by atoms with E-state index >= 15 is 0 Å². The molecular formula is C28H31ClN4O2. The van der Waals surface area contributed by atoms with Gasteiger partial charge < -0.3 is 15.4 Å². The Morgan fingerprint density at radius 3 is 2.43 bits per heavy atom. The fourth-order valence-corrected chi connectivity index (χ4v) is 3.74. The van der Waals surface area contributed by atoms with Gasteiger partial charge in [-0.2, -0.15) is 5.26 Å². The first-order valence-corrected chi connectivity index (χ1v) is 12.0. The lowest BCUT2D eigenvalue weighted by molar-refractivity contribution is -0.123. The van der Waals surface area contributed by atoms with Gasteiger partial charge in [0.15, 0.2) is 6.61 Å². The topological polar surface area (TPSA) is 77.4 Å². The van der Waals surface area contributed by atoms with Gasteiger partial charge in [-0.25, -0.2) is 0 Å². The lowest BCUT2D eigenvalue weighted by Gasteiger charge is -2.22. The van der Waals surface area contributed by atoms with Crippen molar-refractivity contribution in [2.45, 2.75) is 20.0 Å². The minimum atomic E-state index is -0.190. The molecule has 6 nitrogen and oxygen atoms in total. The van der Waals surface area contributed by atoms with Gasteiger partial charge in [-0.05, 0) is 66.7 Å². The molecular weight excluding hydrogens is 460 g/mol. The van der Waals surface area contributed by atoms with Crippen molar-refractivity contribution in [3.05, 3.63) is 88.4 Å². The van der Waals surface area contributed by atoms with E-state index < -0.39 is 0 Å². The lowest BCUT2D eigenvalue weighted by atomic mass is 10.0. The maximum Gasteiger partial charge on any atom is 0.258 e. The summed E-state index contributed by atoms with van der Waals surface area (Å²) in [6.07, 6.45) is 0. The van der Waals surface area contributed by atoms with Gasteiger partial charge in [0.25, 0.3) is 5.91 Å². The van der Waals surface area contributed by atoms with Crippen LogP contribution in [0, 0.1) is 11.3 Å². The van der Waals surface area contributed by atoms with Crippen molar-refractivity contribution < 1.29 is 9.53 Å². The van der Waals surface area contributed by atoms with E-state index in [9.17, 15) is 4.79 Å². The van der Waals surface area contributed by atoms with Gasteiger partial charge in [-0.15, -0.1) is 0 Å². The molecule has 1 amide bonds. The third-order valence-corrected chi connectivity index (χ3v) is 5.94. The van der Waals surface area contributed by atoms with E-state index in [1.54, 1.807) is 12.1 Å². The summed E-state index contributed by atoms with van der Waals surface area (Å²) < 4.78 is 5.97. The van der Waals surface area contributed by atoms with Crippen LogP contribution in [0.4, 0.5) is 0 Å². The van der Waals surface area contributed by atoms with Crippen LogP contribution in [-0.4, -0.2) is 44.1 Å². The summed E-state index contributed by atoms with van der Waals surface area (Å²) in [5.74, 6) is 0.497. The molecule has 0 bridgehead atoms. The molecule has 0 heterocycles. The Labute approximate surface area is 212 Å². The maximum atomic E-state index is 12.4. The highest BCUT2D eigenvalue weighted by molar-refractivity contribution is 6.30. The van der Waals surface area contributed by atoms with Crippen LogP contribution in [0.1, 0.15) is 23.6 Å². The third-order valence-electron chi connectivity index (χ3n) is 5.69. The molecule has 0 saturated carbocycles. The van der Waals surface area contributed by atoms with Crippen LogP contribution >= 0.6 is 11.6 Å². The molecule has 0 fully saturated rings. The number of rotatable bonds is 12. The first-order valence-electron chi connectivity index (χ1n) is 11.7. The number of hydrogen-bond donors (Lipinski definition) is 2. The number of amides is 1. The molecule has 0 radical (unpaired) electrons. The second kappa shape index (κ2) is 13.5. The molecule has 0 spiro atoms. The van der Waals surface area contributed by atoms with Crippen molar-refractivity contribution in [1.82, 2.24) is 15.5 Å². The second-order valence-corrected chi connectivity index (χ2v) is 8.61. The van der Waals surface area contributed by atoms with Crippen LogP contribution in [0.5, 0.6) is 5.75 Å². The minimum absolute atomic E-state index is 0.0700. The Kier molecular flexibility index (Phi) is 10.1. The van der Waals surface area contributed by atoms with Gasteiger partial charge in [0.1, 0.15) is 5.75 Å². The van der Waals surface area contributed by atoms with E-state index in [2.05, 4.69) is 34.6 Å². The molecule has 0 aliphatic carbocycles. The molecule has 0 saturated heterocycles. The number of ether oxygens (including phenoxy) is 1. The number of nitrogens with one attached hydrogen (secondary N) is 2. The zero-order valence-electron chi connectivity index (χ0n) is 20.2. The van der Waals surface area contributed by atoms with Crippen molar-refractivity contribution in [2.24, 2.45) is 0 Å². The van der Waals surface area contributed by atoms with Gasteiger partial charge in [-0.3, -0.25) is 9.69 Å². The smallest absolute Gasteiger partial charge is 0.258 e. The fourth-order valence-electron chi connectivity index (χ4n) is 3.62. The number of hydrogen-bond acceptors (Lipinski definition) is 5. The van der Waals surface area contributed by atoms with E-state index in [0.717, 1.165) is 41.9 Å². The Morgan fingerprint density at radius 1 is 1.06 bits per heavy atom. The predicted molar refractivity (Wildman–Crippen MR) is 140 cm³/mol. The van der Waals surface area contributed by atoms with Gasteiger partial charge >= 0.3 is 0 Å². The van der Waals surface area contributed by atoms with Crippen LogP contribution < -0.4 is 15.4 Å². The summed E-state index contributed by atoms with van der Waals surface area (Å²) in [6, 6.07) is 23.0. The molecule has 0 unspecified atom stereocenters. The zero-order chi connectivity index (χ0) is 25.0. The average molecular weight is 491 g/mol. The number of nitriles is 1. The molecule has 3 aromatic carbocycles. The average Bonchev–Trinajstić information content (AvgIpc) is 2.89. The summed E-state index contributed by atoms with van der Waals surface area (Å²) in [5.41, 5.74) is 4.67. The van der Waals surface area contributed by atoms with Crippen molar-refractivity contribution in [1.29, 1.82) is 5.26 Å². The van der Waals surface area contributed by atoms with E-state index in [1.165, 1.54) is 0 Å². The lowest BCUT2D eigenvalue weighted by Crippen LogP contribution is -2.31. The Morgan fingerprint density at radius 2 is 1.77 bits per heavy atom. The van der Waals surface area contributed by atoms with Crippen molar-refractivity contribution in [2.75, 3.05) is 33.3 Å². The summed E-state index contributed by atoms with van der Waals surface area (Å²) >= 11 is 5.92. The Hall–Kier alpha value is -3.37. The van der Waals surface area contributed by atoms with Crippen molar-refractivity contribution in [3.63, 3.8) is 0 Å². The minimum Gasteiger partial charge on any atom is -0.483 e. The number of carbonyl (C=O) groups excluding carboxylic acids is 1. The van der Waals surface area contributed by atoms with Crippen LogP contribution in [0.15, 0.2) is 66.7 Å². The first-order chi connectivity index (χ1) is 17.0. The Bertz CT molecular complexity index is 1140. The van der Waals surface area contributed by atoms with E-state index in [0.29, 0.717) is 29.4 Å². The van der Waals surface area contributed by atoms with Gasteiger partial charge in [-0.1, -0.05) is 48.9 Å². The number of nitrogens with zero attached hydrogens (tertiary/aromatic N) is 2. The first kappa shape index (κ1) is 26.2. The summed E-state index contributed by atoms with van der Waals surface area (Å²) in [7, 11) is 1.94. The van der Waals surface area contributed by atoms with E-state index in [1.807, 2.05) is 55.6 Å². The van der Waals surface area contributed by atoms with E-state index in [4.69, 9.17) is 21.6 Å². The van der Waals surface area contributed by atoms with Crippen LogP contribution in [-0.2, 0) is 17.9 Å². The highest BCUT2D eigenvalue weighted by atomic mass is 35.5. The summed E-state index contributed by atoms with van der Waals surface area (Å²) in [4.78, 5) is 14.8. The SMILES string of the molecule is CCN(CCNC)Cc1cc(-c2ccc(C#N)cc2)ccc1OCC(=O)NCc1ccc(Cl)cc1. The van der Waals surface area contributed by atoms with Gasteiger partial charge in [0.2, 0.25) is 0 Å². The molecule has 0 aliphatic heterocycles. The quantitative estimate of drug-likeness (QED) is 0.387. The normalized spacial score (nSPS) is 10.7. The molecule has 35 heavy (non-hydrogen) atoms. The fraction of sp³-hybridized carbons (Fsp3) is 0.286. The number of carbonyl (C=O) groups is 1. The highest BCUT2D eigenvalue weighted by Gasteiger charge is 2.13. The van der Waals surface area contributed by atoms with Crippen molar-refractivity contribution in [3.8, 4) is 22.9 Å². The number of benzene rings is 3. The van der Waals surface area contributed by atoms with Crippen LogP contribution in [0.25, 0.3) is 11.1 Å². The van der Waals surface area contributed by atoms with E-state index in [-0.39, 0.29) is 12.5 Å². The summed E-state index contributed by atoms with van der Waals surface area (Å²) in [5, 5.41) is 15.8. The van der Waals surface area contributed by atoms with Gasteiger partial charge in [0.05, 0.1) is 11.6 Å². The second-order valence-electron chi connectivity index (χ2n) is 8.18. The highest BCUT2D eigenvalue weighted by Crippen LogP contribution is 2.28. The molecule has 3 rings (SSSR count). The predicted octanol–water partition coefficient (Wildman–Crippen LogP) is 4.62. The molecule has 0 aromatic heterocycles. The van der Waals surface area contributed by atoms with Crippen molar-refractivity contribution >= 4 is 17.5 Å². The maximum absolute atomic E-state index is 12.4. The monoisotopic (exact) mass is 490 g/mol. The zero-order valence-corrected chi connectivity index (χ0v) is 20.9. The molecule has 2 N–H and O–H groups in total. The van der Waals surface area contributed by atoms with Gasteiger partial charge in [0, 0.05) is 36.8 Å². The molecule has 182 valence electrons. The number of halogens is 1. The Balaban J connectivity index is 1.72.